The van der Waals surface area contributed by atoms with Crippen molar-refractivity contribution in [2.45, 2.75) is 142 Å². The average molecular weight is 1140 g/mol. The highest BCUT2D eigenvalue weighted by Crippen LogP contribution is 2.41. The number of carbonyl (C=O) groups excluding carboxylic acids is 9. The number of carboxylic acid groups (broad SMARTS) is 2. The minimum absolute atomic E-state index is 0.0988. The van der Waals surface area contributed by atoms with Crippen LogP contribution in [-0.4, -0.2) is 152 Å². The van der Waals surface area contributed by atoms with Crippen molar-refractivity contribution in [1.29, 1.82) is 0 Å². The lowest BCUT2D eigenvalue weighted by Gasteiger charge is -2.41. The minimum Gasteiger partial charge on any atom is -0.481 e. The first-order valence-corrected chi connectivity index (χ1v) is 26.1. The number of carbonyl (C=O) groups is 11. The average Bonchev–Trinajstić information content (AvgIpc) is 4.06. The second kappa shape index (κ2) is 32.1. The molecule has 14 N–H and O–H groups in total. The molecule has 444 valence electrons. The predicted octanol–water partition coefficient (Wildman–Crippen LogP) is 0.208. The van der Waals surface area contributed by atoms with Gasteiger partial charge in [-0.25, -0.2) is 13.6 Å². The van der Waals surface area contributed by atoms with Gasteiger partial charge in [0.2, 0.25) is 53.2 Å². The number of hydrogen-bond donors (Lipinski definition) is 12. The molecule has 0 unspecified atom stereocenters. The largest absolute Gasteiger partial charge is 0.481 e. The maximum atomic E-state index is 15.4. The maximum absolute atomic E-state index is 15.4. The van der Waals surface area contributed by atoms with Crippen molar-refractivity contribution < 1.29 is 76.8 Å². The Balaban J connectivity index is 2.02. The van der Waals surface area contributed by atoms with E-state index in [2.05, 4.69) is 37.2 Å². The van der Waals surface area contributed by atoms with Crippen LogP contribution < -0.4 is 48.7 Å². The first kappa shape index (κ1) is 66.9. The SMILES string of the molecule is CC(=O)N[C@@H](CCCCN)C(=O)N[C@@H](C)C(=O)N[C@@H](C)C(=O)N[C@@H](CC(N)=O)C(=O)N[C@@H](CCN(C(=O)CO)[C@@H](c1cc(-c2cc(F)ccc2F)cn1Cc1ccccc1)C(C)(C)C)C(=O)NCCC(=O)N[C@@H](CCC(=O)O)C(=O)O. The highest BCUT2D eigenvalue weighted by molar-refractivity contribution is 5.97. The quantitative estimate of drug-likeness (QED) is 0.0363. The second-order valence-corrected chi connectivity index (χ2v) is 20.4. The van der Waals surface area contributed by atoms with Gasteiger partial charge in [0, 0.05) is 62.4 Å². The number of aliphatic hydroxyl groups is 1. The van der Waals surface area contributed by atoms with Crippen LogP contribution in [0.15, 0.2) is 60.8 Å². The van der Waals surface area contributed by atoms with Crippen LogP contribution in [-0.2, 0) is 59.3 Å². The smallest absolute Gasteiger partial charge is 0.326 e. The number of unbranched alkanes of at least 4 members (excludes halogenated alkanes) is 1. The first-order chi connectivity index (χ1) is 38.1. The van der Waals surface area contributed by atoms with Gasteiger partial charge >= 0.3 is 11.9 Å². The molecule has 9 amide bonds. The fourth-order valence-electron chi connectivity index (χ4n) is 8.62. The third-order valence-electron chi connectivity index (χ3n) is 12.6. The Bertz CT molecular complexity index is 2720. The van der Waals surface area contributed by atoms with Gasteiger partial charge in [0.1, 0.15) is 54.5 Å². The number of halogens is 2. The normalized spacial score (nSPS) is 13.8. The van der Waals surface area contributed by atoms with Crippen molar-refractivity contribution in [1.82, 2.24) is 46.7 Å². The van der Waals surface area contributed by atoms with Gasteiger partial charge in [0.25, 0.3) is 0 Å². The number of rotatable bonds is 33. The number of benzene rings is 2. The summed E-state index contributed by atoms with van der Waals surface area (Å²) in [4.78, 5) is 143. The van der Waals surface area contributed by atoms with Gasteiger partial charge in [0.05, 0.1) is 12.5 Å². The summed E-state index contributed by atoms with van der Waals surface area (Å²) in [5.41, 5.74) is 11.4. The molecule has 0 bridgehead atoms. The Kier molecular flexibility index (Phi) is 26.5. The summed E-state index contributed by atoms with van der Waals surface area (Å²) in [5.74, 6) is -12.5. The van der Waals surface area contributed by atoms with E-state index in [1.54, 1.807) is 55.8 Å². The molecule has 0 spiro atoms. The Hall–Kier alpha value is -8.33. The van der Waals surface area contributed by atoms with E-state index in [-0.39, 0.29) is 24.1 Å². The van der Waals surface area contributed by atoms with Gasteiger partial charge < -0.3 is 73.5 Å². The summed E-state index contributed by atoms with van der Waals surface area (Å²) in [7, 11) is 0. The number of primary amides is 1. The third kappa shape index (κ3) is 22.0. The van der Waals surface area contributed by atoms with Crippen molar-refractivity contribution in [3.8, 4) is 11.1 Å². The fraction of sp³-hybridized carbons (Fsp3) is 0.500. The number of nitrogens with zero attached hydrogens (tertiary/aromatic N) is 2. The number of nitrogens with two attached hydrogens (primary N) is 2. The molecule has 0 radical (unpaired) electrons. The monoisotopic (exact) mass is 1140 g/mol. The molecular formula is C54H75F2N11O14. The van der Waals surface area contributed by atoms with Gasteiger partial charge in [-0.1, -0.05) is 51.1 Å². The standard InChI is InChI=1S/C54H75F2N11O14/c1-30(61-51(78)38(62-32(3)69)14-10-11-21-57)48(75)60-31(2)49(76)65-41(26-43(58)70)52(79)64-39(50(77)59-22-19-44(71)63-40(53(80)81)17-18-46(73)74)20-23-67(45(72)29-68)47(54(4,5)6)42-24-34(36-25-35(55)15-16-37(36)56)28-66(42)27-33-12-8-7-9-13-33/h7-9,12-13,15-16,24-25,28,30-31,38-41,47,68H,10-11,14,17-23,26-27,29,57H2,1-6H3,(H2,58,70)(H,59,77)(H,60,75)(H,61,78)(H,62,69)(H,63,71)(H,64,79)(H,65,76)(H,73,74)(H,80,81)/t30-,31-,38-,39-,40-,41-,47-/m0/s1. The van der Waals surface area contributed by atoms with Crippen molar-refractivity contribution in [2.75, 3.05) is 26.2 Å². The van der Waals surface area contributed by atoms with Crippen LogP contribution in [0, 0.1) is 17.0 Å². The molecule has 0 aliphatic carbocycles. The highest BCUT2D eigenvalue weighted by atomic mass is 19.1. The fourth-order valence-corrected chi connectivity index (χ4v) is 8.62. The minimum atomic E-state index is -1.83. The number of aromatic nitrogens is 1. The lowest BCUT2D eigenvalue weighted by molar-refractivity contribution is -0.143. The van der Waals surface area contributed by atoms with Crippen LogP contribution >= 0.6 is 0 Å². The predicted molar refractivity (Wildman–Crippen MR) is 288 cm³/mol. The maximum Gasteiger partial charge on any atom is 0.326 e. The van der Waals surface area contributed by atoms with Gasteiger partial charge in [-0.2, -0.15) is 0 Å². The van der Waals surface area contributed by atoms with Crippen LogP contribution in [0.2, 0.25) is 0 Å². The number of aliphatic carboxylic acids is 2. The molecule has 0 fully saturated rings. The third-order valence-corrected chi connectivity index (χ3v) is 12.6. The molecule has 2 aromatic carbocycles. The Morgan fingerprint density at radius 1 is 0.704 bits per heavy atom. The van der Waals surface area contributed by atoms with Crippen LogP contribution in [0.25, 0.3) is 11.1 Å². The topological polar surface area (TPSA) is 393 Å². The summed E-state index contributed by atoms with van der Waals surface area (Å²) in [6.07, 6.45) is -0.125. The molecule has 0 saturated heterocycles. The summed E-state index contributed by atoms with van der Waals surface area (Å²) >= 11 is 0. The van der Waals surface area contributed by atoms with Gasteiger partial charge in [-0.3, -0.25) is 47.9 Å². The van der Waals surface area contributed by atoms with Crippen LogP contribution in [0.3, 0.4) is 0 Å². The molecule has 27 heteroatoms. The van der Waals surface area contributed by atoms with E-state index in [1.165, 1.54) is 25.7 Å². The van der Waals surface area contributed by atoms with E-state index in [0.717, 1.165) is 23.8 Å². The molecule has 1 aromatic heterocycles. The molecule has 7 atom stereocenters. The Morgan fingerprint density at radius 2 is 1.31 bits per heavy atom. The molecular weight excluding hydrogens is 1060 g/mol. The van der Waals surface area contributed by atoms with Crippen LogP contribution in [0.1, 0.15) is 110 Å². The van der Waals surface area contributed by atoms with E-state index >= 15 is 4.39 Å². The Morgan fingerprint density at radius 3 is 1.89 bits per heavy atom. The van der Waals surface area contributed by atoms with Crippen LogP contribution in [0.5, 0.6) is 0 Å². The van der Waals surface area contributed by atoms with E-state index in [0.29, 0.717) is 25.1 Å². The molecule has 3 aromatic rings. The second-order valence-electron chi connectivity index (χ2n) is 20.4. The van der Waals surface area contributed by atoms with Crippen molar-refractivity contribution in [3.63, 3.8) is 0 Å². The van der Waals surface area contributed by atoms with Crippen LogP contribution in [0.4, 0.5) is 8.78 Å². The summed E-state index contributed by atoms with van der Waals surface area (Å²) < 4.78 is 31.8. The van der Waals surface area contributed by atoms with Crippen molar-refractivity contribution in [2.24, 2.45) is 16.9 Å². The van der Waals surface area contributed by atoms with Crippen molar-refractivity contribution in [3.05, 3.63) is 83.7 Å². The first-order valence-electron chi connectivity index (χ1n) is 26.1. The zero-order chi connectivity index (χ0) is 60.7. The lowest BCUT2D eigenvalue weighted by Crippen LogP contribution is -2.59. The highest BCUT2D eigenvalue weighted by Gasteiger charge is 2.39. The molecule has 81 heavy (non-hydrogen) atoms. The summed E-state index contributed by atoms with van der Waals surface area (Å²) in [6, 6.07) is 3.63. The number of nitrogens with one attached hydrogen (secondary N) is 7. The van der Waals surface area contributed by atoms with E-state index in [1.807, 2.05) is 12.1 Å². The summed E-state index contributed by atoms with van der Waals surface area (Å²) in [5, 5.41) is 45.8. The zero-order valence-corrected chi connectivity index (χ0v) is 46.1. The number of carboxylic acids is 2. The van der Waals surface area contributed by atoms with E-state index < -0.39 is 176 Å². The number of aliphatic hydroxyl groups excluding tert-OH is 1. The molecule has 0 saturated carbocycles. The molecule has 0 aliphatic rings. The van der Waals surface area contributed by atoms with E-state index in [4.69, 9.17) is 16.6 Å². The number of amides is 9. The van der Waals surface area contributed by atoms with E-state index in [9.17, 15) is 67.3 Å². The zero-order valence-electron chi connectivity index (χ0n) is 46.1. The Labute approximate surface area is 467 Å². The molecule has 3 rings (SSSR count). The molecule has 25 nitrogen and oxygen atoms in total. The lowest BCUT2D eigenvalue weighted by atomic mass is 9.82. The molecule has 1 heterocycles. The van der Waals surface area contributed by atoms with Gasteiger partial charge in [0.15, 0.2) is 0 Å². The van der Waals surface area contributed by atoms with Crippen molar-refractivity contribution >= 4 is 65.1 Å². The van der Waals surface area contributed by atoms with Gasteiger partial charge in [-0.05, 0) is 87.7 Å². The van der Waals surface area contributed by atoms with Gasteiger partial charge in [-0.15, -0.1) is 0 Å². The molecule has 0 aliphatic heterocycles. The summed E-state index contributed by atoms with van der Waals surface area (Å²) in [6.45, 7) is 7.51. The number of hydrogen-bond acceptors (Lipinski definition) is 13.